The van der Waals surface area contributed by atoms with E-state index in [0.29, 0.717) is 0 Å². The molecule has 6 heteroatoms. The number of H-pyrrole nitrogens is 1. The van der Waals surface area contributed by atoms with Crippen LogP contribution in [0.4, 0.5) is 0 Å². The first-order valence-electron chi connectivity index (χ1n) is 7.84. The lowest BCUT2D eigenvalue weighted by Gasteiger charge is -2.14. The molecule has 5 nitrogen and oxygen atoms in total. The number of fused-ring (bicyclic) bond motifs is 1. The summed E-state index contributed by atoms with van der Waals surface area (Å²) in [5.74, 6) is 2.45. The molecule has 0 bridgehead atoms. The number of pyridine rings is 1. The summed E-state index contributed by atoms with van der Waals surface area (Å²) in [5.41, 5.74) is 3.99. The predicted molar refractivity (Wildman–Crippen MR) is 96.9 cm³/mol. The van der Waals surface area contributed by atoms with Crippen molar-refractivity contribution in [3.05, 3.63) is 41.7 Å². The molecule has 0 fully saturated rings. The fraction of sp³-hybridized carbons (Fsp3) is 0.333. The number of methoxy groups -OCH3 is 1. The van der Waals surface area contributed by atoms with Crippen molar-refractivity contribution >= 4 is 22.8 Å². The maximum Gasteiger partial charge on any atom is 0.166 e. The van der Waals surface area contributed by atoms with Crippen molar-refractivity contribution in [1.29, 1.82) is 0 Å². The Kier molecular flexibility index (Phi) is 4.94. The molecule has 24 heavy (non-hydrogen) atoms. The van der Waals surface area contributed by atoms with Gasteiger partial charge in [-0.15, -0.1) is 0 Å². The highest BCUT2D eigenvalue weighted by molar-refractivity contribution is 7.98. The Hall–Kier alpha value is -2.21. The monoisotopic (exact) mass is 343 g/mol. The van der Waals surface area contributed by atoms with Gasteiger partial charge in [0.2, 0.25) is 0 Å². The maximum atomic E-state index is 5.82. The molecule has 2 aromatic heterocycles. The molecule has 0 saturated heterocycles. The quantitative estimate of drug-likeness (QED) is 0.674. The zero-order valence-electron chi connectivity index (χ0n) is 14.3. The number of aromatic nitrogens is 3. The van der Waals surface area contributed by atoms with Gasteiger partial charge in [0.1, 0.15) is 11.5 Å². The van der Waals surface area contributed by atoms with Crippen LogP contribution in [0.3, 0.4) is 0 Å². The van der Waals surface area contributed by atoms with E-state index in [1.807, 2.05) is 45.0 Å². The normalized spacial score (nSPS) is 11.2. The second kappa shape index (κ2) is 7.13. The molecule has 0 unspecified atom stereocenters. The third-order valence-corrected chi connectivity index (χ3v) is 4.52. The number of nitrogens with one attached hydrogen (secondary N) is 1. The highest BCUT2D eigenvalue weighted by Crippen LogP contribution is 2.28. The smallest absolute Gasteiger partial charge is 0.166 e. The molecule has 0 saturated carbocycles. The lowest BCUT2D eigenvalue weighted by Crippen LogP contribution is -2.08. The third-order valence-electron chi connectivity index (χ3n) is 3.63. The Bertz CT molecular complexity index is 845. The minimum absolute atomic E-state index is 0.150. The molecule has 0 atom stereocenters. The SMILES string of the molecule is COc1ccc2nc(SCc3nccc(OC(C)C)c3C)[nH]c2c1. The van der Waals surface area contributed by atoms with Crippen LogP contribution < -0.4 is 9.47 Å². The van der Waals surface area contributed by atoms with Gasteiger partial charge in [-0.1, -0.05) is 11.8 Å². The predicted octanol–water partition coefficient (Wildman–Crippen LogP) is 4.35. The second-order valence-corrected chi connectivity index (χ2v) is 6.73. The molecule has 2 heterocycles. The molecule has 1 N–H and O–H groups in total. The van der Waals surface area contributed by atoms with Crippen LogP contribution in [-0.2, 0) is 5.75 Å². The Labute approximate surface area is 145 Å². The molecule has 126 valence electrons. The summed E-state index contributed by atoms with van der Waals surface area (Å²) in [6.45, 7) is 6.10. The van der Waals surface area contributed by atoms with Crippen LogP contribution in [0, 0.1) is 6.92 Å². The van der Waals surface area contributed by atoms with Gasteiger partial charge in [-0.05, 0) is 39.0 Å². The fourth-order valence-corrected chi connectivity index (χ4v) is 3.29. The number of rotatable bonds is 6. The van der Waals surface area contributed by atoms with E-state index in [2.05, 4.69) is 15.0 Å². The number of imidazole rings is 1. The van der Waals surface area contributed by atoms with E-state index in [-0.39, 0.29) is 6.10 Å². The first kappa shape index (κ1) is 16.6. The highest BCUT2D eigenvalue weighted by Gasteiger charge is 2.10. The van der Waals surface area contributed by atoms with Gasteiger partial charge in [-0.25, -0.2) is 4.98 Å². The van der Waals surface area contributed by atoms with E-state index in [0.717, 1.165) is 44.7 Å². The van der Waals surface area contributed by atoms with Crippen molar-refractivity contribution in [1.82, 2.24) is 15.0 Å². The molecule has 3 aromatic rings. The number of ether oxygens (including phenoxy) is 2. The third kappa shape index (κ3) is 3.64. The molecular weight excluding hydrogens is 322 g/mol. The van der Waals surface area contributed by atoms with E-state index in [1.165, 1.54) is 0 Å². The summed E-state index contributed by atoms with van der Waals surface area (Å²) in [5, 5.41) is 0.870. The first-order valence-corrected chi connectivity index (χ1v) is 8.83. The van der Waals surface area contributed by atoms with Crippen LogP contribution >= 0.6 is 11.8 Å². The van der Waals surface area contributed by atoms with Crippen molar-refractivity contribution in [2.75, 3.05) is 7.11 Å². The van der Waals surface area contributed by atoms with Gasteiger partial charge in [-0.3, -0.25) is 4.98 Å². The summed E-state index contributed by atoms with van der Waals surface area (Å²) < 4.78 is 11.1. The summed E-state index contributed by atoms with van der Waals surface area (Å²) in [6.07, 6.45) is 1.95. The molecule has 0 aliphatic heterocycles. The summed E-state index contributed by atoms with van der Waals surface area (Å²) in [6, 6.07) is 7.73. The standard InChI is InChI=1S/C18H21N3O2S/c1-11(2)23-17-7-8-19-16(12(17)3)10-24-18-20-14-6-5-13(22-4)9-15(14)21-18/h5-9,11H,10H2,1-4H3,(H,20,21). The number of thioether (sulfide) groups is 1. The van der Waals surface area contributed by atoms with Crippen LogP contribution in [0.25, 0.3) is 11.0 Å². The maximum absolute atomic E-state index is 5.82. The van der Waals surface area contributed by atoms with Crippen LogP contribution in [-0.4, -0.2) is 28.2 Å². The summed E-state index contributed by atoms with van der Waals surface area (Å²) in [7, 11) is 1.66. The topological polar surface area (TPSA) is 60.0 Å². The molecule has 0 spiro atoms. The summed E-state index contributed by atoms with van der Waals surface area (Å²) >= 11 is 1.63. The van der Waals surface area contributed by atoms with Gasteiger partial charge in [-0.2, -0.15) is 0 Å². The van der Waals surface area contributed by atoms with Crippen LogP contribution in [0.1, 0.15) is 25.1 Å². The number of hydrogen-bond donors (Lipinski definition) is 1. The van der Waals surface area contributed by atoms with Crippen LogP contribution in [0.2, 0.25) is 0 Å². The molecule has 3 rings (SSSR count). The van der Waals surface area contributed by atoms with E-state index in [1.54, 1.807) is 25.1 Å². The Morgan fingerprint density at radius 2 is 2.08 bits per heavy atom. The zero-order chi connectivity index (χ0) is 17.1. The first-order chi connectivity index (χ1) is 11.6. The fourth-order valence-electron chi connectivity index (χ4n) is 2.38. The van der Waals surface area contributed by atoms with Gasteiger partial charge >= 0.3 is 0 Å². The summed E-state index contributed by atoms with van der Waals surface area (Å²) in [4.78, 5) is 12.4. The second-order valence-electron chi connectivity index (χ2n) is 5.76. The van der Waals surface area contributed by atoms with Crippen molar-refractivity contribution in [2.45, 2.75) is 37.8 Å². The van der Waals surface area contributed by atoms with Gasteiger partial charge in [0.25, 0.3) is 0 Å². The minimum Gasteiger partial charge on any atom is -0.497 e. The Morgan fingerprint density at radius 1 is 1.25 bits per heavy atom. The molecular formula is C18H21N3O2S. The number of nitrogens with zero attached hydrogens (tertiary/aromatic N) is 2. The Balaban J connectivity index is 1.76. The van der Waals surface area contributed by atoms with Crippen molar-refractivity contribution < 1.29 is 9.47 Å². The lowest BCUT2D eigenvalue weighted by molar-refractivity contribution is 0.240. The molecule has 1 aromatic carbocycles. The number of benzene rings is 1. The van der Waals surface area contributed by atoms with Crippen molar-refractivity contribution in [3.8, 4) is 11.5 Å². The van der Waals surface area contributed by atoms with Crippen LogP contribution in [0.15, 0.2) is 35.6 Å². The molecule has 0 aliphatic rings. The minimum atomic E-state index is 0.150. The Morgan fingerprint density at radius 3 is 2.83 bits per heavy atom. The zero-order valence-corrected chi connectivity index (χ0v) is 15.1. The molecule has 0 amide bonds. The number of hydrogen-bond acceptors (Lipinski definition) is 5. The van der Waals surface area contributed by atoms with E-state index in [4.69, 9.17) is 9.47 Å². The van der Waals surface area contributed by atoms with Gasteiger partial charge in [0.15, 0.2) is 5.16 Å². The van der Waals surface area contributed by atoms with Gasteiger partial charge < -0.3 is 14.5 Å². The highest BCUT2D eigenvalue weighted by atomic mass is 32.2. The van der Waals surface area contributed by atoms with Gasteiger partial charge in [0, 0.05) is 23.6 Å². The van der Waals surface area contributed by atoms with Gasteiger partial charge in [0.05, 0.1) is 29.9 Å². The van der Waals surface area contributed by atoms with E-state index in [9.17, 15) is 0 Å². The average molecular weight is 343 g/mol. The number of aromatic amines is 1. The lowest BCUT2D eigenvalue weighted by atomic mass is 10.2. The van der Waals surface area contributed by atoms with E-state index < -0.39 is 0 Å². The van der Waals surface area contributed by atoms with Crippen LogP contribution in [0.5, 0.6) is 11.5 Å². The van der Waals surface area contributed by atoms with Crippen molar-refractivity contribution in [2.24, 2.45) is 0 Å². The largest absolute Gasteiger partial charge is 0.497 e. The average Bonchev–Trinajstić information content (AvgIpc) is 2.97. The van der Waals surface area contributed by atoms with E-state index >= 15 is 0 Å². The molecule has 0 radical (unpaired) electrons. The van der Waals surface area contributed by atoms with Crippen molar-refractivity contribution in [3.63, 3.8) is 0 Å². The molecule has 0 aliphatic carbocycles.